The highest BCUT2D eigenvalue weighted by atomic mass is 16.6. The Morgan fingerprint density at radius 1 is 1.07 bits per heavy atom. The first kappa shape index (κ1) is 21.9. The molecule has 0 spiro atoms. The van der Waals surface area contributed by atoms with Gasteiger partial charge in [0.1, 0.15) is 5.56 Å². The zero-order valence-electron chi connectivity index (χ0n) is 17.3. The van der Waals surface area contributed by atoms with E-state index in [1.807, 2.05) is 32.3 Å². The maximum Gasteiger partial charge on any atom is 0.345 e. The molecule has 0 atom stereocenters. The van der Waals surface area contributed by atoms with Crippen LogP contribution in [-0.2, 0) is 4.74 Å². The molecule has 0 N–H and O–H groups in total. The summed E-state index contributed by atoms with van der Waals surface area (Å²) >= 11 is 0. The van der Waals surface area contributed by atoms with Gasteiger partial charge in [0.15, 0.2) is 18.1 Å². The topological polar surface area (TPSA) is 110 Å². The predicted molar refractivity (Wildman–Crippen MR) is 105 cm³/mol. The lowest BCUT2D eigenvalue weighted by Gasteiger charge is -2.13. The fraction of sp³-hybridized carbons (Fsp3) is 0.400. The summed E-state index contributed by atoms with van der Waals surface area (Å²) in [7, 11) is 2.67. The zero-order chi connectivity index (χ0) is 21.9. The van der Waals surface area contributed by atoms with Gasteiger partial charge in [-0.2, -0.15) is 0 Å². The standard InChI is InChI=1S/C20H24N2O7/c1-11(2)21-12(3)7-14(13(21)4)17(23)10-29-20(24)15-8-18(27-5)19(28-6)9-16(15)22(25)26/h7-9,11H,10H2,1-6H3. The maximum atomic E-state index is 12.6. The van der Waals surface area contributed by atoms with Crippen molar-refractivity contribution in [3.05, 3.63) is 50.8 Å². The number of ketones is 1. The Hall–Kier alpha value is -3.36. The summed E-state index contributed by atoms with van der Waals surface area (Å²) in [5, 5.41) is 11.3. The van der Waals surface area contributed by atoms with Crippen LogP contribution in [0.4, 0.5) is 5.69 Å². The Labute approximate surface area is 168 Å². The number of carbonyl (C=O) groups excluding carboxylic acids is 2. The summed E-state index contributed by atoms with van der Waals surface area (Å²) in [6, 6.07) is 4.15. The van der Waals surface area contributed by atoms with E-state index in [4.69, 9.17) is 14.2 Å². The second kappa shape index (κ2) is 8.76. The molecule has 0 amide bonds. The molecule has 2 aromatic rings. The van der Waals surface area contributed by atoms with E-state index in [-0.39, 0.29) is 28.9 Å². The molecule has 1 heterocycles. The molecular formula is C20H24N2O7. The van der Waals surface area contributed by atoms with Gasteiger partial charge in [-0.05, 0) is 33.8 Å². The third kappa shape index (κ3) is 4.39. The summed E-state index contributed by atoms with van der Waals surface area (Å²) in [4.78, 5) is 35.6. The molecule has 0 saturated carbocycles. The molecular weight excluding hydrogens is 380 g/mol. The average molecular weight is 404 g/mol. The van der Waals surface area contributed by atoms with Gasteiger partial charge in [-0.3, -0.25) is 14.9 Å². The van der Waals surface area contributed by atoms with Crippen molar-refractivity contribution in [2.24, 2.45) is 0 Å². The number of methoxy groups -OCH3 is 2. The van der Waals surface area contributed by atoms with Crippen molar-refractivity contribution in [3.8, 4) is 11.5 Å². The van der Waals surface area contributed by atoms with Crippen molar-refractivity contribution in [1.29, 1.82) is 0 Å². The number of nitrogens with zero attached hydrogens (tertiary/aromatic N) is 2. The van der Waals surface area contributed by atoms with E-state index in [1.165, 1.54) is 14.2 Å². The van der Waals surface area contributed by atoms with Gasteiger partial charge in [0.2, 0.25) is 5.78 Å². The van der Waals surface area contributed by atoms with Gasteiger partial charge >= 0.3 is 5.97 Å². The number of aromatic nitrogens is 1. The Morgan fingerprint density at radius 2 is 1.66 bits per heavy atom. The molecule has 9 nitrogen and oxygen atoms in total. The molecule has 9 heteroatoms. The number of Topliss-reactive ketones (excluding diaryl/α,β-unsaturated/α-hetero) is 1. The summed E-state index contributed by atoms with van der Waals surface area (Å²) in [5.74, 6) is -1.14. The van der Waals surface area contributed by atoms with E-state index in [9.17, 15) is 19.7 Å². The number of carbonyl (C=O) groups is 2. The predicted octanol–water partition coefficient (Wildman–Crippen LogP) is 3.65. The van der Waals surface area contributed by atoms with Crippen LogP contribution in [0.3, 0.4) is 0 Å². The van der Waals surface area contributed by atoms with Gasteiger partial charge in [-0.25, -0.2) is 4.79 Å². The zero-order valence-corrected chi connectivity index (χ0v) is 17.3. The number of aryl methyl sites for hydroxylation is 1. The summed E-state index contributed by atoms with van der Waals surface area (Å²) in [6.07, 6.45) is 0. The van der Waals surface area contributed by atoms with E-state index in [0.29, 0.717) is 5.56 Å². The number of esters is 1. The lowest BCUT2D eigenvalue weighted by molar-refractivity contribution is -0.385. The second-order valence-corrected chi connectivity index (χ2v) is 6.73. The number of rotatable bonds is 8. The molecule has 0 aliphatic rings. The van der Waals surface area contributed by atoms with Crippen LogP contribution in [0.25, 0.3) is 0 Å². The van der Waals surface area contributed by atoms with E-state index in [2.05, 4.69) is 0 Å². The third-order valence-electron chi connectivity index (χ3n) is 4.55. The minimum absolute atomic E-state index is 0.105. The second-order valence-electron chi connectivity index (χ2n) is 6.73. The normalized spacial score (nSPS) is 10.7. The molecule has 156 valence electrons. The molecule has 0 unspecified atom stereocenters. The van der Waals surface area contributed by atoms with Crippen LogP contribution < -0.4 is 9.47 Å². The monoisotopic (exact) mass is 404 g/mol. The summed E-state index contributed by atoms with van der Waals surface area (Å²) < 4.78 is 17.2. The van der Waals surface area contributed by atoms with E-state index in [0.717, 1.165) is 23.5 Å². The largest absolute Gasteiger partial charge is 0.493 e. The van der Waals surface area contributed by atoms with E-state index in [1.54, 1.807) is 6.07 Å². The molecule has 0 aliphatic carbocycles. The van der Waals surface area contributed by atoms with Gasteiger partial charge in [0.05, 0.1) is 25.2 Å². The van der Waals surface area contributed by atoms with Crippen LogP contribution in [0.15, 0.2) is 18.2 Å². The molecule has 0 saturated heterocycles. The summed E-state index contributed by atoms with van der Waals surface area (Å²) in [5.41, 5.74) is 1.32. The Bertz CT molecular complexity index is 960. The average Bonchev–Trinajstić information content (AvgIpc) is 2.98. The van der Waals surface area contributed by atoms with Gasteiger partial charge in [0.25, 0.3) is 5.69 Å². The third-order valence-corrected chi connectivity index (χ3v) is 4.55. The molecule has 1 aromatic heterocycles. The molecule has 2 rings (SSSR count). The lowest BCUT2D eigenvalue weighted by Crippen LogP contribution is -2.16. The Kier molecular flexibility index (Phi) is 6.63. The fourth-order valence-corrected chi connectivity index (χ4v) is 3.32. The van der Waals surface area contributed by atoms with Crippen LogP contribution >= 0.6 is 0 Å². The molecule has 0 aliphatic heterocycles. The first-order chi connectivity index (χ1) is 13.6. The van der Waals surface area contributed by atoms with Crippen LogP contribution in [-0.4, -0.2) is 42.1 Å². The number of nitro benzene ring substituents is 1. The van der Waals surface area contributed by atoms with E-state index < -0.39 is 23.2 Å². The minimum Gasteiger partial charge on any atom is -0.493 e. The van der Waals surface area contributed by atoms with Crippen LogP contribution in [0.5, 0.6) is 11.5 Å². The van der Waals surface area contributed by atoms with Crippen molar-refractivity contribution < 1.29 is 28.7 Å². The quantitative estimate of drug-likeness (QED) is 0.286. The maximum absolute atomic E-state index is 12.6. The van der Waals surface area contributed by atoms with Crippen molar-refractivity contribution in [2.75, 3.05) is 20.8 Å². The molecule has 0 bridgehead atoms. The fourth-order valence-electron chi connectivity index (χ4n) is 3.32. The summed E-state index contributed by atoms with van der Waals surface area (Å²) in [6.45, 7) is 7.19. The van der Waals surface area contributed by atoms with Crippen molar-refractivity contribution in [3.63, 3.8) is 0 Å². The lowest BCUT2D eigenvalue weighted by atomic mass is 10.1. The number of hydrogen-bond donors (Lipinski definition) is 0. The first-order valence-electron chi connectivity index (χ1n) is 8.91. The van der Waals surface area contributed by atoms with Gasteiger partial charge < -0.3 is 18.8 Å². The molecule has 0 fully saturated rings. The van der Waals surface area contributed by atoms with Gasteiger partial charge in [-0.1, -0.05) is 0 Å². The molecule has 0 radical (unpaired) electrons. The van der Waals surface area contributed by atoms with Crippen molar-refractivity contribution in [1.82, 2.24) is 4.57 Å². The number of nitro groups is 1. The minimum atomic E-state index is -0.997. The number of benzene rings is 1. The SMILES string of the molecule is COc1cc(C(=O)OCC(=O)c2cc(C)n(C(C)C)c2C)c([N+](=O)[O-])cc1OC. The van der Waals surface area contributed by atoms with Crippen LogP contribution in [0, 0.1) is 24.0 Å². The van der Waals surface area contributed by atoms with Crippen LogP contribution in [0.1, 0.15) is 52.0 Å². The Balaban J connectivity index is 2.26. The van der Waals surface area contributed by atoms with Crippen molar-refractivity contribution >= 4 is 17.4 Å². The van der Waals surface area contributed by atoms with Gasteiger partial charge in [0, 0.05) is 29.1 Å². The molecule has 1 aromatic carbocycles. The smallest absolute Gasteiger partial charge is 0.345 e. The van der Waals surface area contributed by atoms with Crippen LogP contribution in [0.2, 0.25) is 0 Å². The van der Waals surface area contributed by atoms with Crippen molar-refractivity contribution in [2.45, 2.75) is 33.7 Å². The highest BCUT2D eigenvalue weighted by Gasteiger charge is 2.27. The molecule has 29 heavy (non-hydrogen) atoms. The number of hydrogen-bond acceptors (Lipinski definition) is 7. The van der Waals surface area contributed by atoms with E-state index >= 15 is 0 Å². The first-order valence-corrected chi connectivity index (χ1v) is 8.91. The van der Waals surface area contributed by atoms with Gasteiger partial charge in [-0.15, -0.1) is 0 Å². The Morgan fingerprint density at radius 3 is 2.14 bits per heavy atom. The highest BCUT2D eigenvalue weighted by Crippen LogP contribution is 2.34. The highest BCUT2D eigenvalue weighted by molar-refractivity contribution is 6.01. The number of ether oxygens (including phenoxy) is 3.